The van der Waals surface area contributed by atoms with Crippen molar-refractivity contribution in [2.75, 3.05) is 12.3 Å². The van der Waals surface area contributed by atoms with Gasteiger partial charge in [-0.3, -0.25) is 4.52 Å². The summed E-state index contributed by atoms with van der Waals surface area (Å²) in [4.78, 5) is 17.3. The predicted molar refractivity (Wildman–Crippen MR) is 73.2 cm³/mol. The van der Waals surface area contributed by atoms with E-state index < -0.39 is 38.8 Å². The number of benzene rings is 1. The molecule has 9 heteroatoms. The molecule has 0 saturated carbocycles. The molecule has 1 saturated heterocycles. The average Bonchev–Trinajstić information content (AvgIpc) is 2.66. The molecule has 0 amide bonds. The van der Waals surface area contributed by atoms with Crippen molar-refractivity contribution in [2.24, 2.45) is 0 Å². The summed E-state index contributed by atoms with van der Waals surface area (Å²) in [5.41, 5.74) is 7.10. The molecule has 0 bridgehead atoms. The van der Waals surface area contributed by atoms with Crippen LogP contribution in [0.1, 0.15) is 5.56 Å². The zero-order valence-electron chi connectivity index (χ0n) is 11.1. The van der Waals surface area contributed by atoms with Gasteiger partial charge in [-0.25, -0.2) is 4.57 Å². The molecular formula is C12H18NO7P. The zero-order chi connectivity index (χ0) is 15.6. The molecule has 1 aliphatic rings. The Balaban J connectivity index is 2.00. The molecule has 0 unspecified atom stereocenters. The topological polar surface area (TPSA) is 142 Å². The van der Waals surface area contributed by atoms with Gasteiger partial charge in [0.05, 0.1) is 12.7 Å². The van der Waals surface area contributed by atoms with Gasteiger partial charge in [0.1, 0.15) is 18.3 Å². The number of nitrogens with two attached hydrogens (primary N) is 1. The van der Waals surface area contributed by atoms with E-state index >= 15 is 0 Å². The molecule has 0 aromatic heterocycles. The second-order valence-corrected chi connectivity index (χ2v) is 6.12. The van der Waals surface area contributed by atoms with Crippen LogP contribution in [-0.2, 0) is 20.2 Å². The number of aliphatic hydroxyl groups excluding tert-OH is 2. The van der Waals surface area contributed by atoms with Crippen molar-refractivity contribution in [1.29, 1.82) is 0 Å². The van der Waals surface area contributed by atoms with E-state index in [0.29, 0.717) is 5.69 Å². The van der Waals surface area contributed by atoms with Gasteiger partial charge in [0.2, 0.25) is 0 Å². The number of aliphatic hydroxyl groups is 2. The summed E-state index contributed by atoms with van der Waals surface area (Å²) in [6.07, 6.45) is -3.93. The van der Waals surface area contributed by atoms with Crippen molar-refractivity contribution in [3.8, 4) is 0 Å². The number of hydrogen-bond acceptors (Lipinski definition) is 6. The summed E-state index contributed by atoms with van der Waals surface area (Å²) in [6.45, 7) is -0.511. The quantitative estimate of drug-likeness (QED) is 0.358. The molecule has 0 aliphatic carbocycles. The number of rotatable bonds is 5. The minimum Gasteiger partial charge on any atom is -0.399 e. The normalized spacial score (nSPS) is 29.7. The van der Waals surface area contributed by atoms with Crippen LogP contribution in [0.3, 0.4) is 0 Å². The van der Waals surface area contributed by atoms with Gasteiger partial charge in [-0.15, -0.1) is 0 Å². The Morgan fingerprint density at radius 1 is 1.19 bits per heavy atom. The summed E-state index contributed by atoms with van der Waals surface area (Å²) in [7, 11) is -4.65. The highest BCUT2D eigenvalue weighted by Gasteiger charge is 2.43. The fourth-order valence-electron chi connectivity index (χ4n) is 2.24. The number of anilines is 1. The fourth-order valence-corrected chi connectivity index (χ4v) is 2.58. The SMILES string of the molecule is Nc1ccccc1C[C@@H]1O[C@H](COP(=O)(O)O)[C@@H](O)[C@H]1O. The maximum absolute atomic E-state index is 10.6. The number of hydrogen-bond donors (Lipinski definition) is 5. The van der Waals surface area contributed by atoms with Crippen LogP contribution in [0.25, 0.3) is 0 Å². The third kappa shape index (κ3) is 4.24. The summed E-state index contributed by atoms with van der Waals surface area (Å²) < 4.78 is 20.4. The molecule has 0 spiro atoms. The Labute approximate surface area is 121 Å². The Morgan fingerprint density at radius 2 is 1.81 bits per heavy atom. The highest BCUT2D eigenvalue weighted by Crippen LogP contribution is 2.37. The van der Waals surface area contributed by atoms with Crippen molar-refractivity contribution in [3.63, 3.8) is 0 Å². The van der Waals surface area contributed by atoms with Gasteiger partial charge >= 0.3 is 7.82 Å². The van der Waals surface area contributed by atoms with Crippen LogP contribution in [0.2, 0.25) is 0 Å². The van der Waals surface area contributed by atoms with Gasteiger partial charge in [0.15, 0.2) is 0 Å². The van der Waals surface area contributed by atoms with Crippen LogP contribution < -0.4 is 5.73 Å². The molecule has 0 radical (unpaired) electrons. The molecular weight excluding hydrogens is 301 g/mol. The zero-order valence-corrected chi connectivity index (χ0v) is 12.0. The molecule has 4 atom stereocenters. The van der Waals surface area contributed by atoms with Gasteiger partial charge in [0, 0.05) is 12.1 Å². The Bertz CT molecular complexity index is 534. The number of para-hydroxylation sites is 1. The maximum Gasteiger partial charge on any atom is 0.469 e. The molecule has 8 nitrogen and oxygen atoms in total. The third-order valence-corrected chi connectivity index (χ3v) is 3.83. The second-order valence-electron chi connectivity index (χ2n) is 4.88. The average molecular weight is 319 g/mol. The van der Waals surface area contributed by atoms with E-state index in [1.807, 2.05) is 0 Å². The largest absolute Gasteiger partial charge is 0.469 e. The summed E-state index contributed by atoms with van der Waals surface area (Å²) in [5, 5.41) is 19.8. The number of nitrogen functional groups attached to an aromatic ring is 1. The fraction of sp³-hybridized carbons (Fsp3) is 0.500. The van der Waals surface area contributed by atoms with E-state index in [2.05, 4.69) is 4.52 Å². The lowest BCUT2D eigenvalue weighted by atomic mass is 10.0. The molecule has 1 fully saturated rings. The Hall–Kier alpha value is -0.990. The molecule has 21 heavy (non-hydrogen) atoms. The van der Waals surface area contributed by atoms with Crippen molar-refractivity contribution < 1.29 is 33.8 Å². The first-order valence-electron chi connectivity index (χ1n) is 6.33. The van der Waals surface area contributed by atoms with E-state index in [9.17, 15) is 14.8 Å². The first-order valence-corrected chi connectivity index (χ1v) is 7.86. The van der Waals surface area contributed by atoms with Crippen molar-refractivity contribution >= 4 is 13.5 Å². The third-order valence-electron chi connectivity index (χ3n) is 3.34. The van der Waals surface area contributed by atoms with Crippen LogP contribution in [0.15, 0.2) is 24.3 Å². The lowest BCUT2D eigenvalue weighted by Crippen LogP contribution is -2.34. The van der Waals surface area contributed by atoms with E-state index in [1.54, 1.807) is 24.3 Å². The molecule has 1 aromatic carbocycles. The van der Waals surface area contributed by atoms with Crippen LogP contribution in [-0.4, -0.2) is 51.0 Å². The minimum atomic E-state index is -4.65. The molecule has 2 rings (SSSR count). The first kappa shape index (κ1) is 16.4. The highest BCUT2D eigenvalue weighted by atomic mass is 31.2. The van der Waals surface area contributed by atoms with Gasteiger partial charge in [-0.05, 0) is 11.6 Å². The molecule has 6 N–H and O–H groups in total. The number of phosphoric acid groups is 1. The standard InChI is InChI=1S/C12H18NO7P/c13-8-4-2-1-3-7(8)5-9-11(14)12(15)10(20-9)6-19-21(16,17)18/h1-4,9-12,14-15H,5-6,13H2,(H2,16,17,18)/t9-,10+,11-,12+/m0/s1. The summed E-state index contributed by atoms with van der Waals surface area (Å²) in [5.74, 6) is 0. The number of ether oxygens (including phenoxy) is 1. The minimum absolute atomic E-state index is 0.275. The van der Waals surface area contributed by atoms with Crippen LogP contribution in [0, 0.1) is 0 Å². The van der Waals surface area contributed by atoms with E-state index in [0.717, 1.165) is 5.56 Å². The van der Waals surface area contributed by atoms with E-state index in [1.165, 1.54) is 0 Å². The predicted octanol–water partition coefficient (Wildman–Crippen LogP) is -0.590. The van der Waals surface area contributed by atoms with Gasteiger partial charge in [0.25, 0.3) is 0 Å². The van der Waals surface area contributed by atoms with Crippen molar-refractivity contribution in [1.82, 2.24) is 0 Å². The highest BCUT2D eigenvalue weighted by molar-refractivity contribution is 7.46. The van der Waals surface area contributed by atoms with Crippen LogP contribution in [0.5, 0.6) is 0 Å². The first-order chi connectivity index (χ1) is 9.78. The van der Waals surface area contributed by atoms with E-state index in [-0.39, 0.29) is 6.42 Å². The molecule has 118 valence electrons. The smallest absolute Gasteiger partial charge is 0.399 e. The molecule has 1 aromatic rings. The maximum atomic E-state index is 10.6. The molecule has 1 heterocycles. The van der Waals surface area contributed by atoms with Crippen LogP contribution >= 0.6 is 7.82 Å². The lowest BCUT2D eigenvalue weighted by molar-refractivity contribution is -0.0211. The monoisotopic (exact) mass is 319 g/mol. The second kappa shape index (κ2) is 6.41. The lowest BCUT2D eigenvalue weighted by Gasteiger charge is -2.15. The van der Waals surface area contributed by atoms with Gasteiger partial charge < -0.3 is 30.5 Å². The van der Waals surface area contributed by atoms with Gasteiger partial charge in [-0.1, -0.05) is 18.2 Å². The van der Waals surface area contributed by atoms with Crippen LogP contribution in [0.4, 0.5) is 5.69 Å². The summed E-state index contributed by atoms with van der Waals surface area (Å²) >= 11 is 0. The number of phosphoric ester groups is 1. The van der Waals surface area contributed by atoms with E-state index in [4.69, 9.17) is 20.3 Å². The van der Waals surface area contributed by atoms with Gasteiger partial charge in [-0.2, -0.15) is 0 Å². The van der Waals surface area contributed by atoms with Crippen molar-refractivity contribution in [2.45, 2.75) is 30.8 Å². The molecule has 1 aliphatic heterocycles. The van der Waals surface area contributed by atoms with Crippen molar-refractivity contribution in [3.05, 3.63) is 29.8 Å². The summed E-state index contributed by atoms with van der Waals surface area (Å²) in [6, 6.07) is 7.05. The Kier molecular flexibility index (Phi) is 5.00. The Morgan fingerprint density at radius 3 is 2.43 bits per heavy atom.